The van der Waals surface area contributed by atoms with Crippen LogP contribution >= 0.6 is 0 Å². The Kier molecular flexibility index (Phi) is 8.99. The van der Waals surface area contributed by atoms with Gasteiger partial charge in [0.1, 0.15) is 0 Å². The molecule has 4 rings (SSSR count). The van der Waals surface area contributed by atoms with Crippen LogP contribution in [0.25, 0.3) is 12.2 Å². The maximum atomic E-state index is 10.0. The number of aliphatic hydroxyl groups excluding tert-OH is 1. The summed E-state index contributed by atoms with van der Waals surface area (Å²) >= 11 is 1.36. The monoisotopic (exact) mass is 422 g/mol. The predicted octanol–water partition coefficient (Wildman–Crippen LogP) is 4.73. The molecule has 0 aliphatic heterocycles. The zero-order valence-corrected chi connectivity index (χ0v) is 18.3. The number of hydrogen-bond donors (Lipinski definition) is 1. The summed E-state index contributed by atoms with van der Waals surface area (Å²) in [7, 11) is 0. The zero-order chi connectivity index (χ0) is 16.2. The van der Waals surface area contributed by atoms with Crippen molar-refractivity contribution in [2.24, 2.45) is 5.92 Å². The second-order valence-corrected chi connectivity index (χ2v) is 5.87. The van der Waals surface area contributed by atoms with Crippen molar-refractivity contribution in [1.29, 1.82) is 0 Å². The van der Waals surface area contributed by atoms with E-state index < -0.39 is 0 Å². The Bertz CT molecular complexity index is 692. The van der Waals surface area contributed by atoms with E-state index in [0.29, 0.717) is 11.8 Å². The summed E-state index contributed by atoms with van der Waals surface area (Å²) in [4.78, 5) is 0. The van der Waals surface area contributed by atoms with Crippen LogP contribution in [0.1, 0.15) is 34.1 Å². The van der Waals surface area contributed by atoms with Gasteiger partial charge in [-0.05, 0) is 22.3 Å². The molecule has 0 amide bonds. The van der Waals surface area contributed by atoms with Crippen LogP contribution in [0.15, 0.2) is 60.7 Å². The van der Waals surface area contributed by atoms with Crippen molar-refractivity contribution in [3.8, 4) is 0 Å². The standard InChI is InChI=1S/C20H18O.2CH3.Si.Zr/c21-13-20(18-11-9-14-5-1-3-7-16(14)18)19-12-10-15-6-2-4-8-17(15)19;;;;/h1-12,18-21H,13H2;2*1H3;;/q;2*-1;;+2. The third kappa shape index (κ3) is 4.22. The van der Waals surface area contributed by atoms with Crippen LogP contribution < -0.4 is 0 Å². The fourth-order valence-corrected chi connectivity index (χ4v) is 3.75. The molecular formula is C22H24OSiZr. The van der Waals surface area contributed by atoms with Crippen molar-refractivity contribution in [2.45, 2.75) is 11.8 Å². The van der Waals surface area contributed by atoms with Gasteiger partial charge in [0.2, 0.25) is 0 Å². The van der Waals surface area contributed by atoms with Gasteiger partial charge in [-0.1, -0.05) is 72.8 Å². The zero-order valence-electron chi connectivity index (χ0n) is 14.8. The van der Waals surface area contributed by atoms with E-state index in [9.17, 15) is 5.11 Å². The molecule has 2 aromatic rings. The molecule has 25 heavy (non-hydrogen) atoms. The van der Waals surface area contributed by atoms with Crippen molar-refractivity contribution >= 4 is 19.0 Å². The molecule has 0 bridgehead atoms. The van der Waals surface area contributed by atoms with Crippen LogP contribution in [-0.4, -0.2) is 18.6 Å². The van der Waals surface area contributed by atoms with Gasteiger partial charge in [-0.15, -0.1) is 0 Å². The minimum atomic E-state index is 0. The van der Waals surface area contributed by atoms with Crippen molar-refractivity contribution in [3.05, 3.63) is 97.8 Å². The number of hydrogen-bond acceptors (Lipinski definition) is 1. The van der Waals surface area contributed by atoms with E-state index in [0.717, 1.165) is 0 Å². The number of allylic oxidation sites excluding steroid dienone is 2. The van der Waals surface area contributed by atoms with Gasteiger partial charge in [0.15, 0.2) is 0 Å². The Morgan fingerprint density at radius 2 is 1.20 bits per heavy atom. The molecule has 126 valence electrons. The number of rotatable bonds is 3. The average molecular weight is 424 g/mol. The van der Waals surface area contributed by atoms with Gasteiger partial charge in [-0.25, -0.2) is 0 Å². The van der Waals surface area contributed by atoms with Crippen LogP contribution in [-0.2, 0) is 23.3 Å². The van der Waals surface area contributed by atoms with Gasteiger partial charge in [-0.2, -0.15) is 0 Å². The molecule has 2 aromatic carbocycles. The molecule has 1 nitrogen and oxygen atoms in total. The third-order valence-electron chi connectivity index (χ3n) is 4.81. The van der Waals surface area contributed by atoms with Gasteiger partial charge in [0.05, 0.1) is 0 Å². The molecule has 0 saturated carbocycles. The predicted molar refractivity (Wildman–Crippen MR) is 106 cm³/mol. The summed E-state index contributed by atoms with van der Waals surface area (Å²) < 4.78 is 0. The summed E-state index contributed by atoms with van der Waals surface area (Å²) in [5.41, 5.74) is 5.26. The third-order valence-corrected chi connectivity index (χ3v) is 4.81. The fraction of sp³-hybridized carbons (Fsp3) is 0.182. The van der Waals surface area contributed by atoms with Crippen LogP contribution in [0.5, 0.6) is 0 Å². The molecule has 0 saturated heterocycles. The maximum absolute atomic E-state index is 10.0. The first-order chi connectivity index (χ1) is 11.4. The van der Waals surface area contributed by atoms with Crippen molar-refractivity contribution in [3.63, 3.8) is 0 Å². The summed E-state index contributed by atoms with van der Waals surface area (Å²) in [6.07, 6.45) is 8.88. The van der Waals surface area contributed by atoms with Gasteiger partial charge in [0.25, 0.3) is 0 Å². The van der Waals surface area contributed by atoms with E-state index in [1.165, 1.54) is 45.6 Å². The molecule has 2 unspecified atom stereocenters. The molecule has 1 N–H and O–H groups in total. The molecule has 2 radical (unpaired) electrons. The van der Waals surface area contributed by atoms with E-state index in [-0.39, 0.29) is 27.4 Å². The van der Waals surface area contributed by atoms with Crippen molar-refractivity contribution < 1.29 is 28.4 Å². The van der Waals surface area contributed by atoms with Crippen molar-refractivity contribution in [2.75, 3.05) is 6.61 Å². The van der Waals surface area contributed by atoms with Crippen LogP contribution in [0.2, 0.25) is 0 Å². The second kappa shape index (κ2) is 10.2. The number of fused-ring (bicyclic) bond motifs is 2. The normalized spacial score (nSPS) is 19.6. The second-order valence-electron chi connectivity index (χ2n) is 5.87. The summed E-state index contributed by atoms with van der Waals surface area (Å²) in [6, 6.07) is 17.0. The first-order valence-electron chi connectivity index (χ1n) is 7.78. The molecular weight excluding hydrogens is 400 g/mol. The van der Waals surface area contributed by atoms with Crippen molar-refractivity contribution in [1.82, 2.24) is 0 Å². The van der Waals surface area contributed by atoms with Gasteiger partial charge < -0.3 is 20.0 Å². The summed E-state index contributed by atoms with van der Waals surface area (Å²) in [6.45, 7) is 3.26. The Morgan fingerprint density at radius 3 is 1.60 bits per heavy atom. The summed E-state index contributed by atoms with van der Waals surface area (Å²) in [5.74, 6) is 0.795. The molecule has 2 aliphatic carbocycles. The van der Waals surface area contributed by atoms with E-state index in [1.807, 2.05) is 0 Å². The molecule has 2 atom stereocenters. The minimum absolute atomic E-state index is 0. The van der Waals surface area contributed by atoms with Gasteiger partial charge in [0, 0.05) is 24.4 Å². The Balaban J connectivity index is 0.000000755. The van der Waals surface area contributed by atoms with Gasteiger partial charge in [-0.3, -0.25) is 0 Å². The quantitative estimate of drug-likeness (QED) is 0.559. The van der Waals surface area contributed by atoms with Crippen LogP contribution in [0, 0.1) is 20.8 Å². The molecule has 0 heterocycles. The van der Waals surface area contributed by atoms with E-state index in [2.05, 4.69) is 79.7 Å². The SMILES string of the molecule is OCC(C1C=Cc2ccccc21)C1C=Cc2ccccc21.[CH3-].[CH3-].[Si]=[Zr+2]. The number of aliphatic hydroxyl groups is 1. The Labute approximate surface area is 169 Å². The van der Waals surface area contributed by atoms with Crippen LogP contribution in [0.3, 0.4) is 0 Å². The molecule has 0 aromatic heterocycles. The van der Waals surface area contributed by atoms with Gasteiger partial charge >= 0.3 is 30.2 Å². The molecule has 0 fully saturated rings. The number of benzene rings is 2. The van der Waals surface area contributed by atoms with E-state index in [4.69, 9.17) is 0 Å². The van der Waals surface area contributed by atoms with E-state index in [1.54, 1.807) is 0 Å². The molecule has 2 aliphatic rings. The first kappa shape index (κ1) is 22.0. The van der Waals surface area contributed by atoms with Crippen LogP contribution in [0.4, 0.5) is 0 Å². The Morgan fingerprint density at radius 1 is 0.800 bits per heavy atom. The molecule has 0 spiro atoms. The fourth-order valence-electron chi connectivity index (χ4n) is 3.75. The first-order valence-corrected chi connectivity index (χ1v) is 12.0. The Hall–Kier alpha value is -1.02. The topological polar surface area (TPSA) is 20.2 Å². The average Bonchev–Trinajstić information content (AvgIpc) is 3.23. The van der Waals surface area contributed by atoms with E-state index >= 15 is 0 Å². The molecule has 3 heteroatoms. The summed E-state index contributed by atoms with van der Waals surface area (Å²) in [5, 5.41) is 10.0.